The number of aliphatic hydroxyl groups excluding tert-OH is 1. The average Bonchev–Trinajstić information content (AvgIpc) is 2.92. The summed E-state index contributed by atoms with van der Waals surface area (Å²) in [4.78, 5) is 13.7. The van der Waals surface area contributed by atoms with Crippen LogP contribution in [0.3, 0.4) is 0 Å². The van der Waals surface area contributed by atoms with E-state index in [9.17, 15) is 18.3 Å². The minimum Gasteiger partial charge on any atom is -0.390 e. The normalized spacial score (nSPS) is 16.7. The first-order valence-corrected chi connectivity index (χ1v) is 17.2. The number of anilines is 2. The minimum atomic E-state index is -3.71. The van der Waals surface area contributed by atoms with Crippen molar-refractivity contribution in [2.75, 3.05) is 28.5 Å². The van der Waals surface area contributed by atoms with E-state index in [0.717, 1.165) is 29.1 Å². The molecule has 10 heteroatoms. The number of nitrogens with zero attached hydrogens (tertiary/aromatic N) is 1. The van der Waals surface area contributed by atoms with Crippen molar-refractivity contribution < 1.29 is 22.7 Å². The number of β-amino-alcohol motifs (C(OH)–C–C–N with tert-alkyl or cyclic N) is 1. The first-order valence-electron chi connectivity index (χ1n) is 15.6. The summed E-state index contributed by atoms with van der Waals surface area (Å²) in [5.74, 6) is -1.05. The molecule has 43 heavy (non-hydrogen) atoms. The van der Waals surface area contributed by atoms with Crippen molar-refractivity contribution in [2.45, 2.75) is 104 Å². The standard InChI is InChI=1S/C33H51FN4O4S/c1-23(2)13-12-16-33(5,6)35-22-30(39)28(19-25-14-8-7-9-15-25)37-32(40)27-20-26(36-24(3)4)21-29(31(27)34)38-17-10-11-18-43(38,41)42/h7-9,14-15,20-21,23-24,28,30,35-36,39H,10-13,16-19,22H2,1-6H3,(H,37,40)/t28-,30+/m0/s1. The molecule has 0 radical (unpaired) electrons. The number of hydrogen-bond acceptors (Lipinski definition) is 6. The predicted molar refractivity (Wildman–Crippen MR) is 174 cm³/mol. The van der Waals surface area contributed by atoms with E-state index in [4.69, 9.17) is 0 Å². The molecule has 1 heterocycles. The molecule has 1 fully saturated rings. The van der Waals surface area contributed by atoms with E-state index in [2.05, 4.69) is 43.6 Å². The third-order valence-electron chi connectivity index (χ3n) is 7.82. The summed E-state index contributed by atoms with van der Waals surface area (Å²) >= 11 is 0. The van der Waals surface area contributed by atoms with Crippen LogP contribution in [-0.4, -0.2) is 62.0 Å². The summed E-state index contributed by atoms with van der Waals surface area (Å²) in [5, 5.41) is 20.9. The highest BCUT2D eigenvalue weighted by Gasteiger charge is 2.32. The lowest BCUT2D eigenvalue weighted by atomic mass is 9.93. The lowest BCUT2D eigenvalue weighted by molar-refractivity contribution is 0.0808. The number of carbonyl (C=O) groups is 1. The Kier molecular flexibility index (Phi) is 12.4. The Labute approximate surface area is 257 Å². The van der Waals surface area contributed by atoms with Crippen molar-refractivity contribution in [3.05, 3.63) is 59.4 Å². The van der Waals surface area contributed by atoms with Gasteiger partial charge in [-0.15, -0.1) is 0 Å². The molecule has 0 saturated carbocycles. The molecule has 8 nitrogen and oxygen atoms in total. The van der Waals surface area contributed by atoms with Crippen LogP contribution >= 0.6 is 0 Å². The summed E-state index contributed by atoms with van der Waals surface area (Å²) in [6.45, 7) is 12.8. The molecule has 0 spiro atoms. The van der Waals surface area contributed by atoms with Crippen LogP contribution in [0.4, 0.5) is 15.8 Å². The molecule has 0 aliphatic carbocycles. The fourth-order valence-corrected chi connectivity index (χ4v) is 7.02. The van der Waals surface area contributed by atoms with Gasteiger partial charge in [0.15, 0.2) is 5.82 Å². The Morgan fingerprint density at radius 3 is 2.42 bits per heavy atom. The SMILES string of the molecule is CC(C)CCCC(C)(C)NC[C@@H](O)[C@H](Cc1ccccc1)NC(=O)c1cc(NC(C)C)cc(N2CCCCS2(=O)=O)c1F. The number of halogens is 1. The van der Waals surface area contributed by atoms with Gasteiger partial charge >= 0.3 is 0 Å². The number of sulfonamides is 1. The molecule has 2 aromatic carbocycles. The van der Waals surface area contributed by atoms with Crippen LogP contribution in [0.15, 0.2) is 42.5 Å². The van der Waals surface area contributed by atoms with Crippen LogP contribution in [0, 0.1) is 11.7 Å². The van der Waals surface area contributed by atoms with Crippen molar-refractivity contribution in [3.63, 3.8) is 0 Å². The summed E-state index contributed by atoms with van der Waals surface area (Å²) in [7, 11) is -3.71. The number of rotatable bonds is 15. The zero-order valence-electron chi connectivity index (χ0n) is 26.6. The maximum absolute atomic E-state index is 16.1. The van der Waals surface area contributed by atoms with Gasteiger partial charge in [-0.1, -0.05) is 57.0 Å². The van der Waals surface area contributed by atoms with Crippen LogP contribution in [0.5, 0.6) is 0 Å². The van der Waals surface area contributed by atoms with E-state index in [0.29, 0.717) is 30.9 Å². The molecule has 2 atom stereocenters. The summed E-state index contributed by atoms with van der Waals surface area (Å²) in [6.07, 6.45) is 3.62. The summed E-state index contributed by atoms with van der Waals surface area (Å²) in [6, 6.07) is 11.6. The topological polar surface area (TPSA) is 111 Å². The number of aliphatic hydroxyl groups is 1. The quantitative estimate of drug-likeness (QED) is 0.211. The van der Waals surface area contributed by atoms with Gasteiger partial charge in [-0.3, -0.25) is 9.10 Å². The van der Waals surface area contributed by atoms with Crippen molar-refractivity contribution in [1.29, 1.82) is 0 Å². The zero-order chi connectivity index (χ0) is 31.8. The second-order valence-corrected chi connectivity index (χ2v) is 15.2. The molecular formula is C33H51FN4O4S. The highest BCUT2D eigenvalue weighted by Crippen LogP contribution is 2.32. The average molecular weight is 619 g/mol. The molecule has 1 saturated heterocycles. The van der Waals surface area contributed by atoms with Crippen LogP contribution in [0.2, 0.25) is 0 Å². The van der Waals surface area contributed by atoms with Gasteiger partial charge in [0, 0.05) is 30.4 Å². The Bertz CT molecular complexity index is 1300. The van der Waals surface area contributed by atoms with Crippen molar-refractivity contribution >= 4 is 27.3 Å². The molecule has 1 amide bonds. The molecule has 1 aliphatic heterocycles. The number of nitrogens with one attached hydrogen (secondary N) is 3. The maximum Gasteiger partial charge on any atom is 0.254 e. The molecule has 0 unspecified atom stereocenters. The lowest BCUT2D eigenvalue weighted by Gasteiger charge is -2.32. The van der Waals surface area contributed by atoms with Crippen molar-refractivity contribution in [3.8, 4) is 0 Å². The van der Waals surface area contributed by atoms with E-state index in [1.54, 1.807) is 0 Å². The van der Waals surface area contributed by atoms with E-state index < -0.39 is 33.9 Å². The Hall–Kier alpha value is -2.69. The molecule has 1 aliphatic rings. The molecule has 2 aromatic rings. The molecule has 4 N–H and O–H groups in total. The fourth-order valence-electron chi connectivity index (χ4n) is 5.39. The highest BCUT2D eigenvalue weighted by atomic mass is 32.2. The number of benzene rings is 2. The maximum atomic E-state index is 16.1. The lowest BCUT2D eigenvalue weighted by Crippen LogP contribution is -2.52. The van der Waals surface area contributed by atoms with Crippen LogP contribution in [-0.2, 0) is 16.4 Å². The number of carbonyl (C=O) groups excluding carboxylic acids is 1. The summed E-state index contributed by atoms with van der Waals surface area (Å²) < 4.78 is 42.9. The minimum absolute atomic E-state index is 0.0326. The van der Waals surface area contributed by atoms with E-state index in [-0.39, 0.29) is 41.7 Å². The van der Waals surface area contributed by atoms with Gasteiger partial charge in [0.25, 0.3) is 5.91 Å². The van der Waals surface area contributed by atoms with Gasteiger partial charge < -0.3 is 21.1 Å². The van der Waals surface area contributed by atoms with E-state index in [1.807, 2.05) is 44.2 Å². The van der Waals surface area contributed by atoms with E-state index in [1.165, 1.54) is 12.1 Å². The third-order valence-corrected chi connectivity index (χ3v) is 9.68. The van der Waals surface area contributed by atoms with Crippen molar-refractivity contribution in [2.24, 2.45) is 5.92 Å². The molecule has 0 bridgehead atoms. The van der Waals surface area contributed by atoms with E-state index >= 15 is 4.39 Å². The Morgan fingerprint density at radius 1 is 1.09 bits per heavy atom. The third kappa shape index (κ3) is 10.5. The monoisotopic (exact) mass is 618 g/mol. The second-order valence-electron chi connectivity index (χ2n) is 13.1. The second kappa shape index (κ2) is 15.3. The van der Waals surface area contributed by atoms with Crippen LogP contribution in [0.25, 0.3) is 0 Å². The predicted octanol–water partition coefficient (Wildman–Crippen LogP) is 5.47. The number of amides is 1. The largest absolute Gasteiger partial charge is 0.390 e. The van der Waals surface area contributed by atoms with Gasteiger partial charge in [0.05, 0.1) is 29.1 Å². The van der Waals surface area contributed by atoms with Gasteiger partial charge in [-0.2, -0.15) is 0 Å². The molecule has 240 valence electrons. The van der Waals surface area contributed by atoms with Gasteiger partial charge in [0.2, 0.25) is 10.0 Å². The Balaban J connectivity index is 1.89. The van der Waals surface area contributed by atoms with Crippen LogP contribution in [0.1, 0.15) is 89.6 Å². The van der Waals surface area contributed by atoms with Gasteiger partial charge in [-0.05, 0) is 77.0 Å². The van der Waals surface area contributed by atoms with Crippen LogP contribution < -0.4 is 20.3 Å². The Morgan fingerprint density at radius 2 is 1.79 bits per heavy atom. The summed E-state index contributed by atoms with van der Waals surface area (Å²) in [5.41, 5.74) is 0.741. The molecule has 0 aromatic heterocycles. The first kappa shape index (κ1) is 34.8. The van der Waals surface area contributed by atoms with Crippen molar-refractivity contribution in [1.82, 2.24) is 10.6 Å². The van der Waals surface area contributed by atoms with Gasteiger partial charge in [0.1, 0.15) is 0 Å². The fraction of sp³-hybridized carbons (Fsp3) is 0.606. The molecular weight excluding hydrogens is 567 g/mol. The molecule has 3 rings (SSSR count). The number of hydrogen-bond donors (Lipinski definition) is 4. The zero-order valence-corrected chi connectivity index (χ0v) is 27.4. The first-order chi connectivity index (χ1) is 20.2. The van der Waals surface area contributed by atoms with Gasteiger partial charge in [-0.25, -0.2) is 12.8 Å². The highest BCUT2D eigenvalue weighted by molar-refractivity contribution is 7.92. The smallest absolute Gasteiger partial charge is 0.254 e.